The van der Waals surface area contributed by atoms with E-state index < -0.39 is 0 Å². The summed E-state index contributed by atoms with van der Waals surface area (Å²) < 4.78 is 13.3. The van der Waals surface area contributed by atoms with Crippen molar-refractivity contribution in [1.82, 2.24) is 29.6 Å². The number of rotatable bonds is 9. The second-order valence-corrected chi connectivity index (χ2v) is 9.33. The molecule has 3 aromatic heterocycles. The Hall–Kier alpha value is -4.64. The lowest BCUT2D eigenvalue weighted by molar-refractivity contribution is 0.413. The zero-order chi connectivity index (χ0) is 26.8. The number of hydrogen-bond donors (Lipinski definition) is 2. The van der Waals surface area contributed by atoms with E-state index in [4.69, 9.17) is 19.9 Å². The minimum absolute atomic E-state index is 0.339. The molecule has 0 aliphatic carbocycles. The summed E-state index contributed by atoms with van der Waals surface area (Å²) in [5, 5.41) is 12.3. The van der Waals surface area contributed by atoms with Gasteiger partial charge in [-0.15, -0.1) is 10.2 Å². The Morgan fingerprint density at radius 1 is 1.11 bits per heavy atom. The second kappa shape index (κ2) is 10.4. The topological polar surface area (TPSA) is 123 Å². The average molecular weight is 514 g/mol. The molecule has 2 aromatic carbocycles. The number of ether oxygens (including phenoxy) is 1. The van der Waals surface area contributed by atoms with Crippen LogP contribution in [0.2, 0.25) is 0 Å². The largest absolute Gasteiger partial charge is 0.494 e. The van der Waals surface area contributed by atoms with E-state index in [1.807, 2.05) is 58.7 Å². The lowest BCUT2D eigenvalue weighted by Crippen LogP contribution is -2.29. The molecule has 0 spiro atoms. The van der Waals surface area contributed by atoms with Crippen LogP contribution in [0.3, 0.4) is 0 Å². The van der Waals surface area contributed by atoms with Crippen LogP contribution in [0.5, 0.6) is 5.75 Å². The highest BCUT2D eigenvalue weighted by Gasteiger charge is 2.20. The molecule has 0 amide bonds. The Labute approximate surface area is 220 Å². The number of para-hydroxylation sites is 1. The van der Waals surface area contributed by atoms with Crippen LogP contribution in [-0.2, 0) is 7.05 Å². The van der Waals surface area contributed by atoms with Crippen LogP contribution >= 0.6 is 0 Å². The minimum Gasteiger partial charge on any atom is -0.494 e. The van der Waals surface area contributed by atoms with Crippen LogP contribution in [0.1, 0.15) is 0 Å². The molecule has 3 N–H and O–H groups in total. The van der Waals surface area contributed by atoms with Crippen molar-refractivity contribution in [1.29, 1.82) is 0 Å². The van der Waals surface area contributed by atoms with E-state index in [0.29, 0.717) is 40.2 Å². The number of methoxy groups -OCH3 is 1. The summed E-state index contributed by atoms with van der Waals surface area (Å²) in [4.78, 5) is 13.7. The molecule has 0 bridgehead atoms. The molecule has 0 aliphatic heterocycles. The summed E-state index contributed by atoms with van der Waals surface area (Å²) in [6.45, 7) is 1.72. The lowest BCUT2D eigenvalue weighted by Gasteiger charge is -2.24. The zero-order valence-corrected chi connectivity index (χ0v) is 22.1. The first-order chi connectivity index (χ1) is 18.4. The Kier molecular flexibility index (Phi) is 6.84. The molecule has 0 radical (unpaired) electrons. The van der Waals surface area contributed by atoms with Gasteiger partial charge in [0.05, 0.1) is 35.4 Å². The maximum Gasteiger partial charge on any atom is 0.251 e. The number of nitrogens with two attached hydrogens (primary N) is 1. The van der Waals surface area contributed by atoms with Crippen molar-refractivity contribution < 1.29 is 9.15 Å². The highest BCUT2D eigenvalue weighted by molar-refractivity contribution is 5.98. The molecule has 0 saturated carbocycles. The van der Waals surface area contributed by atoms with Gasteiger partial charge in [0.1, 0.15) is 5.75 Å². The van der Waals surface area contributed by atoms with Crippen molar-refractivity contribution in [2.45, 2.75) is 0 Å². The Balaban J connectivity index is 1.55. The van der Waals surface area contributed by atoms with Crippen molar-refractivity contribution in [2.75, 3.05) is 57.3 Å². The SMILES string of the molecule is COc1cc(N(C)CCN(C)C)c(N)cc1Nc1ncc(-c2nnco2)c(-c2cn(C)c3ccccc23)n1. The predicted octanol–water partition coefficient (Wildman–Crippen LogP) is 4.02. The van der Waals surface area contributed by atoms with Gasteiger partial charge in [-0.05, 0) is 26.2 Å². The van der Waals surface area contributed by atoms with E-state index in [1.165, 1.54) is 6.39 Å². The molecular weight excluding hydrogens is 482 g/mol. The number of nitrogens with one attached hydrogen (secondary N) is 1. The highest BCUT2D eigenvalue weighted by atomic mass is 16.5. The molecule has 5 aromatic rings. The summed E-state index contributed by atoms with van der Waals surface area (Å²) in [5.41, 5.74) is 11.9. The molecule has 11 nitrogen and oxygen atoms in total. The normalized spacial score (nSPS) is 11.3. The van der Waals surface area contributed by atoms with E-state index in [0.717, 1.165) is 35.2 Å². The van der Waals surface area contributed by atoms with Gasteiger partial charge in [-0.3, -0.25) is 0 Å². The Bertz CT molecular complexity index is 1560. The van der Waals surface area contributed by atoms with E-state index in [1.54, 1.807) is 13.3 Å². The smallest absolute Gasteiger partial charge is 0.251 e. The van der Waals surface area contributed by atoms with Gasteiger partial charge in [0.2, 0.25) is 12.3 Å². The lowest BCUT2D eigenvalue weighted by atomic mass is 10.1. The van der Waals surface area contributed by atoms with Crippen LogP contribution < -0.4 is 20.7 Å². The fraction of sp³-hybridized carbons (Fsp3) is 0.259. The van der Waals surface area contributed by atoms with Crippen molar-refractivity contribution in [3.05, 3.63) is 55.2 Å². The van der Waals surface area contributed by atoms with Crippen molar-refractivity contribution in [3.8, 4) is 28.5 Å². The number of anilines is 4. The van der Waals surface area contributed by atoms with Crippen molar-refractivity contribution in [3.63, 3.8) is 0 Å². The Morgan fingerprint density at radius 2 is 1.92 bits per heavy atom. The summed E-state index contributed by atoms with van der Waals surface area (Å²) in [5.74, 6) is 1.34. The quantitative estimate of drug-likeness (QED) is 0.279. The summed E-state index contributed by atoms with van der Waals surface area (Å²) in [7, 11) is 9.73. The number of benzene rings is 2. The predicted molar refractivity (Wildman–Crippen MR) is 150 cm³/mol. The number of nitrogen functional groups attached to an aromatic ring is 1. The molecule has 3 heterocycles. The molecule has 38 heavy (non-hydrogen) atoms. The van der Waals surface area contributed by atoms with Gasteiger partial charge in [0.25, 0.3) is 5.89 Å². The summed E-state index contributed by atoms with van der Waals surface area (Å²) in [6.07, 6.45) is 5.01. The Morgan fingerprint density at radius 3 is 2.66 bits per heavy atom. The molecule has 5 rings (SSSR count). The standard InChI is InChI=1S/C27H31N9O2/c1-34(2)10-11-35(3)23-13-24(37-5)21(12-20(23)28)31-27-29-14-18(26-33-30-16-38-26)25(32-27)19-15-36(4)22-9-7-6-8-17(19)22/h6-9,12-16H,10-11,28H2,1-5H3,(H,29,31,32). The monoisotopic (exact) mass is 513 g/mol. The van der Waals surface area contributed by atoms with Gasteiger partial charge in [-0.1, -0.05) is 18.2 Å². The van der Waals surface area contributed by atoms with E-state index in [2.05, 4.69) is 47.0 Å². The van der Waals surface area contributed by atoms with Crippen molar-refractivity contribution >= 4 is 33.9 Å². The minimum atomic E-state index is 0.339. The molecule has 0 fully saturated rings. The number of hydrogen-bond acceptors (Lipinski definition) is 10. The van der Waals surface area contributed by atoms with E-state index in [-0.39, 0.29) is 0 Å². The third kappa shape index (κ3) is 4.83. The maximum atomic E-state index is 6.46. The number of fused-ring (bicyclic) bond motifs is 1. The molecular formula is C27H31N9O2. The molecule has 0 atom stereocenters. The first-order valence-electron chi connectivity index (χ1n) is 12.1. The van der Waals surface area contributed by atoms with E-state index in [9.17, 15) is 0 Å². The van der Waals surface area contributed by atoms with Crippen LogP contribution in [-0.4, -0.2) is 71.0 Å². The highest BCUT2D eigenvalue weighted by Crippen LogP contribution is 2.38. The average Bonchev–Trinajstić information content (AvgIpc) is 3.56. The van der Waals surface area contributed by atoms with Crippen molar-refractivity contribution in [2.24, 2.45) is 7.05 Å². The van der Waals surface area contributed by atoms with Crippen LogP contribution in [0.4, 0.5) is 23.0 Å². The van der Waals surface area contributed by atoms with Gasteiger partial charge in [-0.25, -0.2) is 9.97 Å². The number of nitrogens with zero attached hydrogens (tertiary/aromatic N) is 7. The first kappa shape index (κ1) is 25.0. The van der Waals surface area contributed by atoms with Crippen LogP contribution in [0.25, 0.3) is 33.6 Å². The molecule has 0 unspecified atom stereocenters. The van der Waals surface area contributed by atoms with Gasteiger partial charge < -0.3 is 34.6 Å². The fourth-order valence-corrected chi connectivity index (χ4v) is 4.40. The van der Waals surface area contributed by atoms with Crippen LogP contribution in [0.15, 0.2) is 59.6 Å². The van der Waals surface area contributed by atoms with Crippen LogP contribution in [0, 0.1) is 0 Å². The summed E-state index contributed by atoms with van der Waals surface area (Å²) >= 11 is 0. The van der Waals surface area contributed by atoms with E-state index >= 15 is 0 Å². The maximum absolute atomic E-state index is 6.46. The van der Waals surface area contributed by atoms with Gasteiger partial charge in [-0.2, -0.15) is 0 Å². The third-order valence-corrected chi connectivity index (χ3v) is 6.42. The van der Waals surface area contributed by atoms with Gasteiger partial charge in [0, 0.05) is 62.1 Å². The van der Waals surface area contributed by atoms with Gasteiger partial charge >= 0.3 is 0 Å². The number of aromatic nitrogens is 5. The summed E-state index contributed by atoms with van der Waals surface area (Å²) in [6, 6.07) is 11.9. The number of likely N-dealkylation sites (N-methyl/N-ethyl adjacent to an activating group) is 2. The number of aryl methyl sites for hydroxylation is 1. The molecule has 11 heteroatoms. The fourth-order valence-electron chi connectivity index (χ4n) is 4.40. The molecule has 0 aliphatic rings. The second-order valence-electron chi connectivity index (χ2n) is 9.33. The van der Waals surface area contributed by atoms with Gasteiger partial charge in [0.15, 0.2) is 0 Å². The zero-order valence-electron chi connectivity index (χ0n) is 22.1. The first-order valence-corrected chi connectivity index (χ1v) is 12.1. The molecule has 196 valence electrons. The third-order valence-electron chi connectivity index (χ3n) is 6.42. The molecule has 0 saturated heterocycles.